The van der Waals surface area contributed by atoms with Crippen LogP contribution in [0.5, 0.6) is 5.75 Å². The van der Waals surface area contributed by atoms with Crippen LogP contribution >= 0.6 is 11.6 Å². The first kappa shape index (κ1) is 8.62. The Morgan fingerprint density at radius 1 is 1.27 bits per heavy atom. The number of rotatable bonds is 1. The van der Waals surface area contributed by atoms with Gasteiger partial charge in [-0.15, -0.1) is 0 Å². The molecule has 11 heavy (non-hydrogen) atoms. The van der Waals surface area contributed by atoms with Crippen molar-refractivity contribution in [3.05, 3.63) is 28.3 Å². The van der Waals surface area contributed by atoms with E-state index in [-0.39, 0.29) is 0 Å². The summed E-state index contributed by atoms with van der Waals surface area (Å²) in [4.78, 5) is 0. The fourth-order valence-corrected chi connectivity index (χ4v) is 1.63. The van der Waals surface area contributed by atoms with E-state index in [0.717, 1.165) is 32.4 Å². The van der Waals surface area contributed by atoms with Gasteiger partial charge in [-0.25, -0.2) is 0 Å². The third-order valence-electron chi connectivity index (χ3n) is 1.89. The van der Waals surface area contributed by atoms with Gasteiger partial charge in [0.1, 0.15) is 5.75 Å². The maximum Gasteiger partial charge on any atom is 0.204 e. The van der Waals surface area contributed by atoms with E-state index in [1.54, 1.807) is 0 Å². The van der Waals surface area contributed by atoms with Gasteiger partial charge in [-0.1, -0.05) is 11.6 Å². The van der Waals surface area contributed by atoms with Crippen LogP contribution in [-0.4, -0.2) is 10.5 Å². The summed E-state index contributed by atoms with van der Waals surface area (Å²) in [7, 11) is 0.728. The number of benzene rings is 1. The summed E-state index contributed by atoms with van der Waals surface area (Å²) < 4.78 is 5.26. The van der Waals surface area contributed by atoms with Crippen LogP contribution in [0.4, 0.5) is 0 Å². The molecule has 0 saturated carbocycles. The van der Waals surface area contributed by atoms with Gasteiger partial charge in [0.05, 0.1) is 0 Å². The van der Waals surface area contributed by atoms with Crippen LogP contribution in [0.3, 0.4) is 0 Å². The average molecular weight is 187 g/mol. The zero-order valence-electron chi connectivity index (χ0n) is 6.94. The standard InChI is InChI=1S/C8H11ClOSi/c1-5-6(2)8(10-11)4-3-7(5)9/h3-4H,1-2,11H3. The van der Waals surface area contributed by atoms with Crippen molar-refractivity contribution in [2.75, 3.05) is 0 Å². The molecule has 0 saturated heterocycles. The van der Waals surface area contributed by atoms with E-state index in [4.69, 9.17) is 16.0 Å². The Labute approximate surface area is 74.9 Å². The summed E-state index contributed by atoms with van der Waals surface area (Å²) in [5, 5.41) is 0.810. The second kappa shape index (κ2) is 3.28. The maximum absolute atomic E-state index is 5.90. The molecule has 0 radical (unpaired) electrons. The van der Waals surface area contributed by atoms with Gasteiger partial charge in [-0.2, -0.15) is 0 Å². The van der Waals surface area contributed by atoms with E-state index >= 15 is 0 Å². The molecule has 1 aromatic carbocycles. The van der Waals surface area contributed by atoms with Gasteiger partial charge < -0.3 is 4.43 Å². The predicted octanol–water partition coefficient (Wildman–Crippen LogP) is 1.62. The largest absolute Gasteiger partial charge is 0.553 e. The minimum Gasteiger partial charge on any atom is -0.553 e. The molecule has 0 aliphatic rings. The summed E-state index contributed by atoms with van der Waals surface area (Å²) in [6.07, 6.45) is 0. The first-order valence-corrected chi connectivity index (χ1v) is 4.66. The number of hydrogen-bond donors (Lipinski definition) is 0. The lowest BCUT2D eigenvalue weighted by atomic mass is 10.1. The Bertz CT molecular complexity index is 273. The third kappa shape index (κ3) is 1.57. The van der Waals surface area contributed by atoms with Crippen molar-refractivity contribution in [3.8, 4) is 5.75 Å². The first-order chi connectivity index (χ1) is 5.16. The minimum absolute atomic E-state index is 0.728. The molecule has 0 heterocycles. The summed E-state index contributed by atoms with van der Waals surface area (Å²) in [5.74, 6) is 0.957. The fourth-order valence-electron chi connectivity index (χ4n) is 0.984. The molecule has 60 valence electrons. The van der Waals surface area contributed by atoms with Crippen molar-refractivity contribution in [2.24, 2.45) is 0 Å². The molecule has 1 rings (SSSR count). The average Bonchev–Trinajstić information content (AvgIpc) is 2.01. The van der Waals surface area contributed by atoms with Crippen LogP contribution in [0, 0.1) is 13.8 Å². The van der Waals surface area contributed by atoms with Crippen molar-refractivity contribution in [2.45, 2.75) is 13.8 Å². The second-order valence-electron chi connectivity index (χ2n) is 2.50. The highest BCUT2D eigenvalue weighted by atomic mass is 35.5. The molecule has 0 bridgehead atoms. The van der Waals surface area contributed by atoms with Crippen LogP contribution < -0.4 is 4.43 Å². The van der Waals surface area contributed by atoms with E-state index in [9.17, 15) is 0 Å². The molecule has 0 N–H and O–H groups in total. The monoisotopic (exact) mass is 186 g/mol. The summed E-state index contributed by atoms with van der Waals surface area (Å²) in [6, 6.07) is 3.79. The molecule has 0 aliphatic heterocycles. The Morgan fingerprint density at radius 2 is 1.91 bits per heavy atom. The summed E-state index contributed by atoms with van der Waals surface area (Å²) in [6.45, 7) is 4.02. The molecule has 0 unspecified atom stereocenters. The highest BCUT2D eigenvalue weighted by Crippen LogP contribution is 2.26. The molecule has 0 fully saturated rings. The Morgan fingerprint density at radius 3 is 2.45 bits per heavy atom. The smallest absolute Gasteiger partial charge is 0.204 e. The Kier molecular flexibility index (Phi) is 2.57. The fraction of sp³-hybridized carbons (Fsp3) is 0.250. The maximum atomic E-state index is 5.90. The van der Waals surface area contributed by atoms with E-state index < -0.39 is 0 Å². The Balaban J connectivity index is 3.25. The molecule has 0 atom stereocenters. The van der Waals surface area contributed by atoms with Gasteiger partial charge in [0.15, 0.2) is 0 Å². The van der Waals surface area contributed by atoms with Crippen molar-refractivity contribution < 1.29 is 4.43 Å². The summed E-state index contributed by atoms with van der Waals surface area (Å²) >= 11 is 5.90. The lowest BCUT2D eigenvalue weighted by molar-refractivity contribution is 0.609. The molecular weight excluding hydrogens is 176 g/mol. The van der Waals surface area contributed by atoms with Crippen molar-refractivity contribution in [3.63, 3.8) is 0 Å². The van der Waals surface area contributed by atoms with Crippen molar-refractivity contribution in [1.82, 2.24) is 0 Å². The van der Waals surface area contributed by atoms with Gasteiger partial charge in [-0.3, -0.25) is 0 Å². The minimum atomic E-state index is 0.728. The molecule has 0 aromatic heterocycles. The lowest BCUT2D eigenvalue weighted by Crippen LogP contribution is -1.91. The summed E-state index contributed by atoms with van der Waals surface area (Å²) in [5.41, 5.74) is 2.26. The van der Waals surface area contributed by atoms with Crippen LogP contribution in [0.25, 0.3) is 0 Å². The van der Waals surface area contributed by atoms with Gasteiger partial charge in [0.2, 0.25) is 10.5 Å². The quantitative estimate of drug-likeness (QED) is 0.606. The van der Waals surface area contributed by atoms with Crippen LogP contribution in [-0.2, 0) is 0 Å². The zero-order chi connectivity index (χ0) is 8.43. The van der Waals surface area contributed by atoms with E-state index in [1.807, 2.05) is 26.0 Å². The molecular formula is C8H11ClOSi. The highest BCUT2D eigenvalue weighted by Gasteiger charge is 2.02. The first-order valence-electron chi connectivity index (χ1n) is 3.46. The SMILES string of the molecule is Cc1c(Cl)ccc(O[SiH3])c1C. The molecule has 3 heteroatoms. The molecule has 0 amide bonds. The van der Waals surface area contributed by atoms with E-state index in [1.165, 1.54) is 0 Å². The van der Waals surface area contributed by atoms with Crippen LogP contribution in [0.2, 0.25) is 5.02 Å². The van der Waals surface area contributed by atoms with E-state index in [0.29, 0.717) is 0 Å². The third-order valence-corrected chi connectivity index (χ3v) is 2.74. The normalized spacial score (nSPS) is 10.1. The molecule has 0 spiro atoms. The van der Waals surface area contributed by atoms with Gasteiger partial charge >= 0.3 is 0 Å². The zero-order valence-corrected chi connectivity index (χ0v) is 9.70. The van der Waals surface area contributed by atoms with Gasteiger partial charge in [0.25, 0.3) is 0 Å². The Hall–Kier alpha value is -0.473. The lowest BCUT2D eigenvalue weighted by Gasteiger charge is -2.08. The van der Waals surface area contributed by atoms with E-state index in [2.05, 4.69) is 0 Å². The van der Waals surface area contributed by atoms with Crippen molar-refractivity contribution >= 4 is 22.1 Å². The topological polar surface area (TPSA) is 9.23 Å². The van der Waals surface area contributed by atoms with Gasteiger partial charge in [0, 0.05) is 5.02 Å². The molecule has 1 nitrogen and oxygen atoms in total. The predicted molar refractivity (Wildman–Crippen MR) is 51.5 cm³/mol. The van der Waals surface area contributed by atoms with Crippen molar-refractivity contribution in [1.29, 1.82) is 0 Å². The van der Waals surface area contributed by atoms with Gasteiger partial charge in [-0.05, 0) is 37.1 Å². The van der Waals surface area contributed by atoms with Crippen LogP contribution in [0.1, 0.15) is 11.1 Å². The molecule has 1 aromatic rings. The van der Waals surface area contributed by atoms with Crippen LogP contribution in [0.15, 0.2) is 12.1 Å². The second-order valence-corrected chi connectivity index (χ2v) is 3.32. The molecule has 0 aliphatic carbocycles. The number of hydrogen-bond acceptors (Lipinski definition) is 1. The highest BCUT2D eigenvalue weighted by molar-refractivity contribution is 6.31. The number of halogens is 1.